The maximum absolute atomic E-state index is 10.9. The number of nitro benzene ring substituents is 1. The van der Waals surface area contributed by atoms with Crippen LogP contribution in [0.3, 0.4) is 0 Å². The Balaban J connectivity index is 2.54. The van der Waals surface area contributed by atoms with E-state index in [1.807, 2.05) is 0 Å². The van der Waals surface area contributed by atoms with Crippen LogP contribution in [0.1, 0.15) is 24.5 Å². The van der Waals surface area contributed by atoms with Gasteiger partial charge >= 0.3 is 0 Å². The van der Waals surface area contributed by atoms with Gasteiger partial charge in [-0.05, 0) is 25.5 Å². The third kappa shape index (κ3) is 2.36. The fourth-order valence-electron chi connectivity index (χ4n) is 2.32. The van der Waals surface area contributed by atoms with Gasteiger partial charge in [-0.1, -0.05) is 13.3 Å². The van der Waals surface area contributed by atoms with Gasteiger partial charge in [0.1, 0.15) is 5.82 Å². The number of nitrogen functional groups attached to an aromatic ring is 1. The number of aryl methyl sites for hydroxylation is 2. The fourth-order valence-corrected chi connectivity index (χ4v) is 2.32. The van der Waals surface area contributed by atoms with E-state index in [1.165, 1.54) is 6.07 Å². The van der Waals surface area contributed by atoms with E-state index in [-0.39, 0.29) is 10.6 Å². The van der Waals surface area contributed by atoms with Crippen LogP contribution < -0.4 is 5.73 Å². The van der Waals surface area contributed by atoms with Gasteiger partial charge in [-0.2, -0.15) is 5.10 Å². The Labute approximate surface area is 117 Å². The molecular formula is C14H18N4O2. The minimum atomic E-state index is -0.376. The Morgan fingerprint density at radius 3 is 2.70 bits per heavy atom. The lowest BCUT2D eigenvalue weighted by atomic mass is 10.0. The van der Waals surface area contributed by atoms with Gasteiger partial charge in [-0.25, -0.2) is 0 Å². The molecule has 6 heteroatoms. The molecule has 0 saturated carbocycles. The van der Waals surface area contributed by atoms with Gasteiger partial charge < -0.3 is 5.73 Å². The van der Waals surface area contributed by atoms with Crippen LogP contribution >= 0.6 is 0 Å². The lowest BCUT2D eigenvalue weighted by molar-refractivity contribution is -0.385. The SMILES string of the molecule is CCCc1c(-c2ccc([N+](=O)[O-])c(C)c2)nn(C)c1N. The summed E-state index contributed by atoms with van der Waals surface area (Å²) in [7, 11) is 1.80. The van der Waals surface area contributed by atoms with Crippen LogP contribution in [0.25, 0.3) is 11.3 Å². The van der Waals surface area contributed by atoms with E-state index in [0.29, 0.717) is 11.4 Å². The highest BCUT2D eigenvalue weighted by Crippen LogP contribution is 2.30. The predicted octanol–water partition coefficient (Wildman–Crippen LogP) is 2.84. The van der Waals surface area contributed by atoms with Gasteiger partial charge in [0, 0.05) is 29.8 Å². The first-order chi connectivity index (χ1) is 9.45. The zero-order valence-electron chi connectivity index (χ0n) is 11.9. The summed E-state index contributed by atoms with van der Waals surface area (Å²) in [5, 5.41) is 15.3. The first kappa shape index (κ1) is 14.0. The van der Waals surface area contributed by atoms with Crippen molar-refractivity contribution < 1.29 is 4.92 Å². The molecule has 2 rings (SSSR count). The van der Waals surface area contributed by atoms with E-state index in [4.69, 9.17) is 5.73 Å². The second kappa shape index (κ2) is 5.32. The first-order valence-corrected chi connectivity index (χ1v) is 6.52. The molecule has 0 fully saturated rings. The van der Waals surface area contributed by atoms with Crippen molar-refractivity contribution in [3.05, 3.63) is 39.4 Å². The molecule has 1 heterocycles. The molecule has 0 atom stereocenters. The summed E-state index contributed by atoms with van der Waals surface area (Å²) >= 11 is 0. The van der Waals surface area contributed by atoms with E-state index in [1.54, 1.807) is 30.8 Å². The summed E-state index contributed by atoms with van der Waals surface area (Å²) in [6.07, 6.45) is 1.81. The zero-order chi connectivity index (χ0) is 14.9. The number of hydrogen-bond acceptors (Lipinski definition) is 4. The molecule has 0 bridgehead atoms. The maximum Gasteiger partial charge on any atom is 0.272 e. The van der Waals surface area contributed by atoms with Crippen molar-refractivity contribution >= 4 is 11.5 Å². The molecular weight excluding hydrogens is 256 g/mol. The monoisotopic (exact) mass is 274 g/mol. The highest BCUT2D eigenvalue weighted by molar-refractivity contribution is 5.70. The van der Waals surface area contributed by atoms with Gasteiger partial charge in [-0.15, -0.1) is 0 Å². The second-order valence-electron chi connectivity index (χ2n) is 4.84. The third-order valence-electron chi connectivity index (χ3n) is 3.36. The normalized spacial score (nSPS) is 10.8. The van der Waals surface area contributed by atoms with Crippen LogP contribution in [0.4, 0.5) is 11.5 Å². The summed E-state index contributed by atoms with van der Waals surface area (Å²) in [6, 6.07) is 5.04. The Kier molecular flexibility index (Phi) is 3.74. The summed E-state index contributed by atoms with van der Waals surface area (Å²) in [6.45, 7) is 3.81. The Morgan fingerprint density at radius 1 is 1.45 bits per heavy atom. The van der Waals surface area contributed by atoms with Crippen LogP contribution in [0, 0.1) is 17.0 Å². The first-order valence-electron chi connectivity index (χ1n) is 6.52. The molecule has 1 aromatic carbocycles. The summed E-state index contributed by atoms with van der Waals surface area (Å²) in [5.74, 6) is 0.651. The van der Waals surface area contributed by atoms with E-state index in [9.17, 15) is 10.1 Å². The number of rotatable bonds is 4. The van der Waals surface area contributed by atoms with Gasteiger partial charge in [0.15, 0.2) is 0 Å². The van der Waals surface area contributed by atoms with Crippen molar-refractivity contribution in [3.63, 3.8) is 0 Å². The smallest absolute Gasteiger partial charge is 0.272 e. The van der Waals surface area contributed by atoms with Crippen LogP contribution in [-0.2, 0) is 13.5 Å². The number of hydrogen-bond donors (Lipinski definition) is 1. The van der Waals surface area contributed by atoms with E-state index >= 15 is 0 Å². The van der Waals surface area contributed by atoms with Crippen molar-refractivity contribution in [2.45, 2.75) is 26.7 Å². The lowest BCUT2D eigenvalue weighted by Crippen LogP contribution is -1.99. The van der Waals surface area contributed by atoms with E-state index in [2.05, 4.69) is 12.0 Å². The minimum Gasteiger partial charge on any atom is -0.384 e. The molecule has 0 radical (unpaired) electrons. The van der Waals surface area contributed by atoms with Crippen LogP contribution in [0.15, 0.2) is 18.2 Å². The summed E-state index contributed by atoms with van der Waals surface area (Å²) in [5.41, 5.74) is 9.46. The highest BCUT2D eigenvalue weighted by atomic mass is 16.6. The van der Waals surface area contributed by atoms with Crippen molar-refractivity contribution in [2.24, 2.45) is 7.05 Å². The average molecular weight is 274 g/mol. The zero-order valence-corrected chi connectivity index (χ0v) is 11.9. The van der Waals surface area contributed by atoms with Crippen molar-refractivity contribution in [2.75, 3.05) is 5.73 Å². The third-order valence-corrected chi connectivity index (χ3v) is 3.36. The molecule has 2 aromatic rings. The molecule has 0 aliphatic carbocycles. The highest BCUT2D eigenvalue weighted by Gasteiger charge is 2.17. The summed E-state index contributed by atoms with van der Waals surface area (Å²) in [4.78, 5) is 10.5. The Hall–Kier alpha value is -2.37. The Bertz CT molecular complexity index is 661. The molecule has 0 saturated heterocycles. The number of nitro groups is 1. The predicted molar refractivity (Wildman–Crippen MR) is 78.4 cm³/mol. The van der Waals surface area contributed by atoms with Gasteiger partial charge in [0.25, 0.3) is 5.69 Å². The molecule has 0 amide bonds. The average Bonchev–Trinajstić information content (AvgIpc) is 2.67. The molecule has 0 aliphatic heterocycles. The Morgan fingerprint density at radius 2 is 2.15 bits per heavy atom. The molecule has 0 aliphatic rings. The number of aromatic nitrogens is 2. The minimum absolute atomic E-state index is 0.120. The number of anilines is 1. The molecule has 1 aromatic heterocycles. The standard InChI is InChI=1S/C14H18N4O2/c1-4-5-11-13(16-17(3)14(11)15)10-6-7-12(18(19)20)9(2)8-10/h6-8H,4-5,15H2,1-3H3. The number of benzene rings is 1. The summed E-state index contributed by atoms with van der Waals surface area (Å²) < 4.78 is 1.65. The maximum atomic E-state index is 10.9. The molecule has 0 unspecified atom stereocenters. The van der Waals surface area contributed by atoms with E-state index in [0.717, 1.165) is 29.7 Å². The topological polar surface area (TPSA) is 87.0 Å². The van der Waals surface area contributed by atoms with Gasteiger partial charge in [0.05, 0.1) is 10.6 Å². The van der Waals surface area contributed by atoms with Crippen LogP contribution in [0.2, 0.25) is 0 Å². The van der Waals surface area contributed by atoms with Crippen molar-refractivity contribution in [1.29, 1.82) is 0 Å². The fraction of sp³-hybridized carbons (Fsp3) is 0.357. The van der Waals surface area contributed by atoms with Crippen LogP contribution in [-0.4, -0.2) is 14.7 Å². The second-order valence-corrected chi connectivity index (χ2v) is 4.84. The van der Waals surface area contributed by atoms with Crippen molar-refractivity contribution in [1.82, 2.24) is 9.78 Å². The van der Waals surface area contributed by atoms with Gasteiger partial charge in [-0.3, -0.25) is 14.8 Å². The molecule has 2 N–H and O–H groups in total. The largest absolute Gasteiger partial charge is 0.384 e. The molecule has 20 heavy (non-hydrogen) atoms. The molecule has 0 spiro atoms. The number of nitrogens with two attached hydrogens (primary N) is 1. The van der Waals surface area contributed by atoms with Crippen molar-refractivity contribution in [3.8, 4) is 11.3 Å². The van der Waals surface area contributed by atoms with E-state index < -0.39 is 0 Å². The van der Waals surface area contributed by atoms with Crippen LogP contribution in [0.5, 0.6) is 0 Å². The lowest BCUT2D eigenvalue weighted by Gasteiger charge is -2.04. The van der Waals surface area contributed by atoms with Gasteiger partial charge in [0.2, 0.25) is 0 Å². The number of nitrogens with zero attached hydrogens (tertiary/aromatic N) is 3. The quantitative estimate of drug-likeness (QED) is 0.686. The molecule has 6 nitrogen and oxygen atoms in total. The molecule has 106 valence electrons.